The smallest absolute Gasteiger partial charge is 0.399 e. The van der Waals surface area contributed by atoms with Crippen LogP contribution in [0.5, 0.6) is 0 Å². The molecule has 0 aliphatic carbocycles. The highest BCUT2D eigenvalue weighted by Crippen LogP contribution is 2.42. The summed E-state index contributed by atoms with van der Waals surface area (Å²) in [5.41, 5.74) is 1.56. The van der Waals surface area contributed by atoms with Crippen molar-refractivity contribution < 1.29 is 18.4 Å². The Morgan fingerprint density at radius 3 is 2.00 bits per heavy atom. The molecule has 0 radical (unpaired) electrons. The first-order valence-corrected chi connectivity index (χ1v) is 9.63. The van der Waals surface area contributed by atoms with Gasteiger partial charge in [-0.3, -0.25) is 0 Å². The molecule has 1 fully saturated rings. The molecule has 6 heteroatoms. The van der Waals surface area contributed by atoms with E-state index in [0.717, 1.165) is 11.6 Å². The molecule has 1 heterocycles. The Balaban J connectivity index is 2.21. The fourth-order valence-corrected chi connectivity index (χ4v) is 3.83. The quantitative estimate of drug-likeness (QED) is 0.559. The van der Waals surface area contributed by atoms with E-state index in [2.05, 4.69) is 39.8 Å². The van der Waals surface area contributed by atoms with Crippen molar-refractivity contribution in [2.45, 2.75) is 58.9 Å². The average Bonchev–Trinajstić information content (AvgIpc) is 2.68. The fraction of sp³-hybridized carbons (Fsp3) is 0.647. The van der Waals surface area contributed by atoms with Gasteiger partial charge in [-0.2, -0.15) is 0 Å². The van der Waals surface area contributed by atoms with Gasteiger partial charge in [0.25, 0.3) is 0 Å². The van der Waals surface area contributed by atoms with E-state index in [-0.39, 0.29) is 18.3 Å². The molecule has 1 aromatic rings. The summed E-state index contributed by atoms with van der Waals surface area (Å²) in [6.07, 6.45) is 0.747. The standard InChI is InChI=1S/C17H28BO4P/c1-7-19-23(20-8-2)13-14-11-9-10-12-15(14)18-21-16(3,4)17(5,6)22-18/h9-12H,7-8,13H2,1-6H3. The SMILES string of the molecule is CCOP(Cc1ccccc1B1OC(C)(C)C(C)(C)O1)OCC. The van der Waals surface area contributed by atoms with Crippen molar-refractivity contribution in [2.24, 2.45) is 0 Å². The first-order chi connectivity index (χ1) is 10.8. The number of rotatable bonds is 7. The van der Waals surface area contributed by atoms with Crippen LogP contribution in [0.3, 0.4) is 0 Å². The molecule has 0 bridgehead atoms. The third-order valence-electron chi connectivity index (χ3n) is 4.41. The van der Waals surface area contributed by atoms with E-state index in [1.165, 1.54) is 5.56 Å². The Morgan fingerprint density at radius 1 is 0.957 bits per heavy atom. The van der Waals surface area contributed by atoms with E-state index < -0.39 is 8.38 Å². The summed E-state index contributed by atoms with van der Waals surface area (Å²) < 4.78 is 23.9. The average molecular weight is 338 g/mol. The predicted octanol–water partition coefficient (Wildman–Crippen LogP) is 3.87. The van der Waals surface area contributed by atoms with Gasteiger partial charge in [-0.15, -0.1) is 0 Å². The second-order valence-electron chi connectivity index (χ2n) is 6.61. The molecule has 23 heavy (non-hydrogen) atoms. The molecule has 0 amide bonds. The van der Waals surface area contributed by atoms with Crippen LogP contribution in [0.15, 0.2) is 24.3 Å². The lowest BCUT2D eigenvalue weighted by Crippen LogP contribution is -2.41. The minimum absolute atomic E-state index is 0.338. The lowest BCUT2D eigenvalue weighted by Gasteiger charge is -2.32. The van der Waals surface area contributed by atoms with Crippen molar-refractivity contribution in [2.75, 3.05) is 13.2 Å². The van der Waals surface area contributed by atoms with Gasteiger partial charge in [-0.1, -0.05) is 24.3 Å². The number of hydrogen-bond donors (Lipinski definition) is 0. The van der Waals surface area contributed by atoms with E-state index >= 15 is 0 Å². The van der Waals surface area contributed by atoms with Crippen molar-refractivity contribution in [3.63, 3.8) is 0 Å². The van der Waals surface area contributed by atoms with Crippen LogP contribution >= 0.6 is 8.38 Å². The molecule has 0 saturated carbocycles. The van der Waals surface area contributed by atoms with E-state index in [4.69, 9.17) is 18.4 Å². The maximum atomic E-state index is 6.20. The first-order valence-electron chi connectivity index (χ1n) is 8.27. The molecule has 2 rings (SSSR count). The van der Waals surface area contributed by atoms with Gasteiger partial charge >= 0.3 is 7.12 Å². The zero-order valence-corrected chi connectivity index (χ0v) is 16.0. The van der Waals surface area contributed by atoms with Crippen molar-refractivity contribution in [3.05, 3.63) is 29.8 Å². The molecule has 4 nitrogen and oxygen atoms in total. The zero-order chi connectivity index (χ0) is 17.1. The van der Waals surface area contributed by atoms with Gasteiger partial charge in [-0.25, -0.2) is 0 Å². The van der Waals surface area contributed by atoms with Gasteiger partial charge in [-0.05, 0) is 52.6 Å². The summed E-state index contributed by atoms with van der Waals surface area (Å²) in [6, 6.07) is 8.24. The number of benzene rings is 1. The summed E-state index contributed by atoms with van der Waals surface area (Å²) in [5.74, 6) is 0. The van der Waals surface area contributed by atoms with Crippen LogP contribution in [0, 0.1) is 0 Å². The second-order valence-corrected chi connectivity index (χ2v) is 8.11. The molecule has 128 valence electrons. The van der Waals surface area contributed by atoms with Crippen LogP contribution in [0.4, 0.5) is 0 Å². The monoisotopic (exact) mass is 338 g/mol. The maximum Gasteiger partial charge on any atom is 0.495 e. The topological polar surface area (TPSA) is 36.9 Å². The minimum atomic E-state index is -0.927. The van der Waals surface area contributed by atoms with E-state index in [9.17, 15) is 0 Å². The predicted molar refractivity (Wildman–Crippen MR) is 96.0 cm³/mol. The molecule has 0 N–H and O–H groups in total. The van der Waals surface area contributed by atoms with Crippen molar-refractivity contribution >= 4 is 21.0 Å². The van der Waals surface area contributed by atoms with E-state index in [1.54, 1.807) is 0 Å². The maximum absolute atomic E-state index is 6.20. The second kappa shape index (κ2) is 7.63. The van der Waals surface area contributed by atoms with E-state index in [0.29, 0.717) is 13.2 Å². The molecular formula is C17H28BO4P. The molecular weight excluding hydrogens is 310 g/mol. The van der Waals surface area contributed by atoms with Gasteiger partial charge in [0.15, 0.2) is 8.38 Å². The van der Waals surface area contributed by atoms with Gasteiger partial charge in [0.05, 0.1) is 24.4 Å². The van der Waals surface area contributed by atoms with Gasteiger partial charge in [0, 0.05) is 6.16 Å². The molecule has 1 aliphatic rings. The highest BCUT2D eigenvalue weighted by molar-refractivity contribution is 7.46. The minimum Gasteiger partial charge on any atom is -0.399 e. The Bertz CT molecular complexity index is 499. The Labute approximate surface area is 141 Å². The highest BCUT2D eigenvalue weighted by atomic mass is 31.2. The van der Waals surface area contributed by atoms with Gasteiger partial charge < -0.3 is 18.4 Å². The third-order valence-corrected chi connectivity index (χ3v) is 6.10. The van der Waals surface area contributed by atoms with Crippen LogP contribution in [0.25, 0.3) is 0 Å². The molecule has 0 atom stereocenters. The van der Waals surface area contributed by atoms with Crippen molar-refractivity contribution in [3.8, 4) is 0 Å². The molecule has 0 unspecified atom stereocenters. The van der Waals surface area contributed by atoms with Crippen LogP contribution < -0.4 is 5.46 Å². The van der Waals surface area contributed by atoms with Gasteiger partial charge in [0.1, 0.15) is 0 Å². The van der Waals surface area contributed by atoms with Crippen LogP contribution in [0.1, 0.15) is 47.1 Å². The normalized spacial score (nSPS) is 19.5. The van der Waals surface area contributed by atoms with Crippen LogP contribution in [0.2, 0.25) is 0 Å². The van der Waals surface area contributed by atoms with Crippen LogP contribution in [-0.4, -0.2) is 31.5 Å². The molecule has 1 aliphatic heterocycles. The summed E-state index contributed by atoms with van der Waals surface area (Å²) in [6.45, 7) is 13.6. The third kappa shape index (κ3) is 4.34. The molecule has 0 aromatic heterocycles. The van der Waals surface area contributed by atoms with Gasteiger partial charge in [0.2, 0.25) is 0 Å². The number of hydrogen-bond acceptors (Lipinski definition) is 4. The van der Waals surface area contributed by atoms with Crippen molar-refractivity contribution in [1.82, 2.24) is 0 Å². The molecule has 1 aromatic carbocycles. The fourth-order valence-electron chi connectivity index (χ4n) is 2.43. The van der Waals surface area contributed by atoms with Crippen LogP contribution in [-0.2, 0) is 24.5 Å². The lowest BCUT2D eigenvalue weighted by molar-refractivity contribution is 0.00578. The van der Waals surface area contributed by atoms with E-state index in [1.807, 2.05) is 26.0 Å². The zero-order valence-electron chi connectivity index (χ0n) is 15.1. The lowest BCUT2D eigenvalue weighted by atomic mass is 9.76. The Morgan fingerprint density at radius 2 is 1.48 bits per heavy atom. The summed E-state index contributed by atoms with van der Waals surface area (Å²) in [5, 5.41) is 0. The summed E-state index contributed by atoms with van der Waals surface area (Å²) >= 11 is 0. The van der Waals surface area contributed by atoms with Crippen molar-refractivity contribution in [1.29, 1.82) is 0 Å². The Hall–Kier alpha value is -0.445. The summed E-state index contributed by atoms with van der Waals surface area (Å²) in [7, 11) is -1.28. The summed E-state index contributed by atoms with van der Waals surface area (Å²) in [4.78, 5) is 0. The molecule has 0 spiro atoms. The highest BCUT2D eigenvalue weighted by Gasteiger charge is 2.52. The largest absolute Gasteiger partial charge is 0.495 e. The Kier molecular flexibility index (Phi) is 6.26. The molecule has 1 saturated heterocycles. The first kappa shape index (κ1) is 18.9.